The SMILES string of the molecule is O=C(Cc1csc(-c2ccccc2)n1)NCCc1ccc(OC(F)F)cc1. The molecule has 2 aromatic carbocycles. The largest absolute Gasteiger partial charge is 0.435 e. The predicted octanol–water partition coefficient (Wildman–Crippen LogP) is 4.31. The smallest absolute Gasteiger partial charge is 0.387 e. The van der Waals surface area contributed by atoms with Crippen molar-refractivity contribution in [1.29, 1.82) is 0 Å². The lowest BCUT2D eigenvalue weighted by atomic mass is 10.1. The summed E-state index contributed by atoms with van der Waals surface area (Å²) >= 11 is 1.51. The number of amides is 1. The summed E-state index contributed by atoms with van der Waals surface area (Å²) in [6.07, 6.45) is 0.831. The number of rotatable bonds is 8. The van der Waals surface area contributed by atoms with E-state index in [0.717, 1.165) is 21.8 Å². The highest BCUT2D eigenvalue weighted by atomic mass is 32.1. The number of halogens is 2. The molecule has 1 heterocycles. The van der Waals surface area contributed by atoms with Gasteiger partial charge in [0.15, 0.2) is 0 Å². The van der Waals surface area contributed by atoms with Crippen LogP contribution in [0.25, 0.3) is 10.6 Å². The van der Waals surface area contributed by atoms with E-state index in [2.05, 4.69) is 15.0 Å². The third-order valence-electron chi connectivity index (χ3n) is 3.80. The number of carbonyl (C=O) groups is 1. The minimum atomic E-state index is -2.83. The zero-order valence-corrected chi connectivity index (χ0v) is 15.2. The number of alkyl halides is 2. The van der Waals surface area contributed by atoms with Crippen molar-refractivity contribution in [2.24, 2.45) is 0 Å². The quantitative estimate of drug-likeness (QED) is 0.626. The maximum atomic E-state index is 12.1. The second kappa shape index (κ2) is 9.23. The Morgan fingerprint density at radius 3 is 2.56 bits per heavy atom. The van der Waals surface area contributed by atoms with Gasteiger partial charge in [-0.25, -0.2) is 4.98 Å². The number of carbonyl (C=O) groups excluding carboxylic acids is 1. The highest BCUT2D eigenvalue weighted by Crippen LogP contribution is 2.23. The monoisotopic (exact) mass is 388 g/mol. The van der Waals surface area contributed by atoms with Crippen LogP contribution in [-0.4, -0.2) is 24.0 Å². The van der Waals surface area contributed by atoms with Crippen LogP contribution >= 0.6 is 11.3 Å². The van der Waals surface area contributed by atoms with Gasteiger partial charge in [-0.05, 0) is 24.1 Å². The van der Waals surface area contributed by atoms with Gasteiger partial charge in [0.1, 0.15) is 10.8 Å². The molecule has 0 spiro atoms. The van der Waals surface area contributed by atoms with Crippen LogP contribution in [0.2, 0.25) is 0 Å². The van der Waals surface area contributed by atoms with Crippen LogP contribution in [0.15, 0.2) is 60.0 Å². The molecule has 7 heteroatoms. The van der Waals surface area contributed by atoms with Crippen LogP contribution in [0.1, 0.15) is 11.3 Å². The van der Waals surface area contributed by atoms with Gasteiger partial charge < -0.3 is 10.1 Å². The van der Waals surface area contributed by atoms with Crippen molar-refractivity contribution in [2.45, 2.75) is 19.5 Å². The summed E-state index contributed by atoms with van der Waals surface area (Å²) in [5, 5.41) is 5.64. The minimum Gasteiger partial charge on any atom is -0.435 e. The second-order valence-electron chi connectivity index (χ2n) is 5.81. The molecule has 0 bridgehead atoms. The van der Waals surface area contributed by atoms with Gasteiger partial charge in [0.2, 0.25) is 5.91 Å². The van der Waals surface area contributed by atoms with Crippen LogP contribution in [0.4, 0.5) is 8.78 Å². The van der Waals surface area contributed by atoms with E-state index >= 15 is 0 Å². The highest BCUT2D eigenvalue weighted by molar-refractivity contribution is 7.13. The Labute approximate surface area is 159 Å². The van der Waals surface area contributed by atoms with Crippen molar-refractivity contribution in [3.8, 4) is 16.3 Å². The average Bonchev–Trinajstić information content (AvgIpc) is 3.12. The molecule has 27 heavy (non-hydrogen) atoms. The first-order chi connectivity index (χ1) is 13.1. The Kier molecular flexibility index (Phi) is 6.49. The number of ether oxygens (including phenoxy) is 1. The summed E-state index contributed by atoms with van der Waals surface area (Å²) < 4.78 is 28.5. The van der Waals surface area contributed by atoms with E-state index in [1.807, 2.05) is 35.7 Å². The molecule has 1 aromatic heterocycles. The normalized spacial score (nSPS) is 10.8. The molecule has 0 atom stereocenters. The van der Waals surface area contributed by atoms with Crippen LogP contribution in [-0.2, 0) is 17.6 Å². The van der Waals surface area contributed by atoms with Gasteiger partial charge in [-0.3, -0.25) is 4.79 Å². The van der Waals surface area contributed by atoms with E-state index < -0.39 is 6.61 Å². The molecule has 0 saturated carbocycles. The maximum absolute atomic E-state index is 12.1. The molecule has 0 aliphatic carbocycles. The fourth-order valence-corrected chi connectivity index (χ4v) is 3.34. The van der Waals surface area contributed by atoms with Gasteiger partial charge in [0, 0.05) is 17.5 Å². The number of benzene rings is 2. The Morgan fingerprint density at radius 1 is 1.11 bits per heavy atom. The zero-order valence-electron chi connectivity index (χ0n) is 14.4. The second-order valence-corrected chi connectivity index (χ2v) is 6.67. The van der Waals surface area contributed by atoms with Crippen LogP contribution in [0.3, 0.4) is 0 Å². The minimum absolute atomic E-state index is 0.0995. The molecule has 0 aliphatic heterocycles. The topological polar surface area (TPSA) is 51.2 Å². The summed E-state index contributed by atoms with van der Waals surface area (Å²) in [6.45, 7) is -2.37. The van der Waals surface area contributed by atoms with Crippen molar-refractivity contribution in [2.75, 3.05) is 6.54 Å². The van der Waals surface area contributed by atoms with Gasteiger partial charge >= 0.3 is 6.61 Å². The van der Waals surface area contributed by atoms with E-state index in [4.69, 9.17) is 0 Å². The van der Waals surface area contributed by atoms with E-state index in [0.29, 0.717) is 13.0 Å². The lowest BCUT2D eigenvalue weighted by Gasteiger charge is -2.07. The number of thiazole rings is 1. The number of hydrogen-bond donors (Lipinski definition) is 1. The Morgan fingerprint density at radius 2 is 1.85 bits per heavy atom. The standard InChI is InChI=1S/C20H18F2N2O2S/c21-20(22)26-17-8-6-14(7-9-17)10-11-23-18(25)12-16-13-27-19(24-16)15-4-2-1-3-5-15/h1-9,13,20H,10-12H2,(H,23,25). The average molecular weight is 388 g/mol. The summed E-state index contributed by atoms with van der Waals surface area (Å²) in [6, 6.07) is 16.2. The van der Waals surface area contributed by atoms with Crippen LogP contribution in [0, 0.1) is 0 Å². The molecule has 1 amide bonds. The third-order valence-corrected chi connectivity index (χ3v) is 4.74. The van der Waals surface area contributed by atoms with Gasteiger partial charge in [-0.1, -0.05) is 42.5 Å². The van der Waals surface area contributed by atoms with E-state index in [9.17, 15) is 13.6 Å². The van der Waals surface area contributed by atoms with Crippen molar-refractivity contribution < 1.29 is 18.3 Å². The third kappa shape index (κ3) is 5.86. The van der Waals surface area contributed by atoms with Gasteiger partial charge in [-0.15, -0.1) is 11.3 Å². The molecular formula is C20H18F2N2O2S. The Balaban J connectivity index is 1.44. The van der Waals surface area contributed by atoms with E-state index in [1.165, 1.54) is 23.5 Å². The first-order valence-electron chi connectivity index (χ1n) is 8.40. The summed E-state index contributed by atoms with van der Waals surface area (Å²) in [5.74, 6) is 0.0214. The highest BCUT2D eigenvalue weighted by Gasteiger charge is 2.09. The molecular weight excluding hydrogens is 370 g/mol. The molecule has 0 fully saturated rings. The lowest BCUT2D eigenvalue weighted by molar-refractivity contribution is -0.120. The Hall–Kier alpha value is -2.80. The van der Waals surface area contributed by atoms with Crippen molar-refractivity contribution >= 4 is 17.2 Å². The molecule has 0 saturated heterocycles. The summed E-state index contributed by atoms with van der Waals surface area (Å²) in [7, 11) is 0. The maximum Gasteiger partial charge on any atom is 0.387 e. The lowest BCUT2D eigenvalue weighted by Crippen LogP contribution is -2.27. The number of nitrogens with one attached hydrogen (secondary N) is 1. The van der Waals surface area contributed by atoms with Gasteiger partial charge in [0.05, 0.1) is 12.1 Å². The molecule has 3 rings (SSSR count). The van der Waals surface area contributed by atoms with Crippen molar-refractivity contribution in [3.05, 3.63) is 71.2 Å². The molecule has 1 N–H and O–H groups in total. The van der Waals surface area contributed by atoms with Crippen LogP contribution < -0.4 is 10.1 Å². The predicted molar refractivity (Wildman–Crippen MR) is 101 cm³/mol. The first-order valence-corrected chi connectivity index (χ1v) is 9.28. The first kappa shape index (κ1) is 19.0. The van der Waals surface area contributed by atoms with E-state index in [-0.39, 0.29) is 18.1 Å². The molecule has 4 nitrogen and oxygen atoms in total. The molecule has 0 aliphatic rings. The van der Waals surface area contributed by atoms with Gasteiger partial charge in [0.25, 0.3) is 0 Å². The summed E-state index contributed by atoms with van der Waals surface area (Å²) in [4.78, 5) is 16.6. The molecule has 3 aromatic rings. The molecule has 0 radical (unpaired) electrons. The molecule has 0 unspecified atom stereocenters. The number of nitrogens with zero attached hydrogens (tertiary/aromatic N) is 1. The van der Waals surface area contributed by atoms with E-state index in [1.54, 1.807) is 12.1 Å². The zero-order chi connectivity index (χ0) is 19.1. The summed E-state index contributed by atoms with van der Waals surface area (Å²) in [5.41, 5.74) is 2.70. The fourth-order valence-electron chi connectivity index (χ4n) is 2.51. The van der Waals surface area contributed by atoms with Crippen LogP contribution in [0.5, 0.6) is 5.75 Å². The van der Waals surface area contributed by atoms with Crippen molar-refractivity contribution in [3.63, 3.8) is 0 Å². The molecule has 140 valence electrons. The Bertz CT molecular complexity index is 867. The number of hydrogen-bond acceptors (Lipinski definition) is 4. The fraction of sp³-hybridized carbons (Fsp3) is 0.200. The number of aromatic nitrogens is 1. The van der Waals surface area contributed by atoms with Crippen molar-refractivity contribution in [1.82, 2.24) is 10.3 Å². The van der Waals surface area contributed by atoms with Gasteiger partial charge in [-0.2, -0.15) is 8.78 Å².